The summed E-state index contributed by atoms with van der Waals surface area (Å²) in [5, 5.41) is 0. The first-order valence-corrected chi connectivity index (χ1v) is 22.9. The topological polar surface area (TPSA) is 25.8 Å². The fraction of sp³-hybridized carbons (Fsp3) is 0.894. The van der Waals surface area contributed by atoms with Crippen molar-refractivity contribution in [2.75, 3.05) is 0 Å². The second-order valence-electron chi connectivity index (χ2n) is 15.9. The summed E-state index contributed by atoms with van der Waals surface area (Å²) in [5.41, 5.74) is 4.22. The summed E-state index contributed by atoms with van der Waals surface area (Å²) in [7, 11) is 0. The standard InChI is InChI=1S/C47H89N2/c1-5-8-11-14-17-20-23-26-29-32-35-38-41-45-46(42-39-36-33-30-27-24-21-18-15-12-9-6-2)48-44(4)49-47(45)43-40-37-34-31-28-25-22-19-16-13-10-7-3/h4-43H2,1-3H3. The van der Waals surface area contributed by atoms with Gasteiger partial charge in [0.05, 0.1) is 0 Å². The molecule has 0 amide bonds. The van der Waals surface area contributed by atoms with E-state index in [4.69, 9.17) is 9.97 Å². The summed E-state index contributed by atoms with van der Waals surface area (Å²) in [4.78, 5) is 9.97. The van der Waals surface area contributed by atoms with Crippen LogP contribution in [0, 0.1) is 6.92 Å². The molecule has 1 aromatic rings. The summed E-state index contributed by atoms with van der Waals surface area (Å²) >= 11 is 0. The van der Waals surface area contributed by atoms with E-state index in [1.54, 1.807) is 0 Å². The van der Waals surface area contributed by atoms with Crippen LogP contribution in [0.15, 0.2) is 0 Å². The Morgan fingerprint density at radius 1 is 0.286 bits per heavy atom. The quantitative estimate of drug-likeness (QED) is 0.0646. The minimum absolute atomic E-state index is 0.765. The smallest absolute Gasteiger partial charge is 0.129 e. The van der Waals surface area contributed by atoms with Gasteiger partial charge in [-0.05, 0) is 44.1 Å². The third kappa shape index (κ3) is 29.4. The van der Waals surface area contributed by atoms with E-state index in [0.717, 1.165) is 18.7 Å². The lowest BCUT2D eigenvalue weighted by Crippen LogP contribution is -2.09. The molecule has 0 aliphatic heterocycles. The minimum atomic E-state index is 0.765. The molecular formula is C47H89N2. The van der Waals surface area contributed by atoms with E-state index in [2.05, 4.69) is 27.7 Å². The number of unbranched alkanes of at least 4 members (excludes halogenated alkanes) is 33. The molecule has 0 aliphatic rings. The van der Waals surface area contributed by atoms with Crippen molar-refractivity contribution in [3.05, 3.63) is 29.7 Å². The zero-order valence-corrected chi connectivity index (χ0v) is 34.2. The first-order chi connectivity index (χ1) is 24.2. The van der Waals surface area contributed by atoms with Crippen LogP contribution in [0.5, 0.6) is 0 Å². The van der Waals surface area contributed by atoms with Gasteiger partial charge in [-0.2, -0.15) is 0 Å². The van der Waals surface area contributed by atoms with Crippen molar-refractivity contribution in [2.24, 2.45) is 0 Å². The van der Waals surface area contributed by atoms with Gasteiger partial charge in [0.1, 0.15) is 5.82 Å². The van der Waals surface area contributed by atoms with Gasteiger partial charge in [0.15, 0.2) is 0 Å². The van der Waals surface area contributed by atoms with Crippen molar-refractivity contribution >= 4 is 0 Å². The Labute approximate surface area is 310 Å². The van der Waals surface area contributed by atoms with Crippen molar-refractivity contribution in [2.45, 2.75) is 271 Å². The fourth-order valence-corrected chi connectivity index (χ4v) is 7.75. The van der Waals surface area contributed by atoms with Crippen LogP contribution in [0.25, 0.3) is 0 Å². The van der Waals surface area contributed by atoms with Crippen LogP contribution in [-0.2, 0) is 19.3 Å². The summed E-state index contributed by atoms with van der Waals surface area (Å²) in [6.45, 7) is 11.2. The van der Waals surface area contributed by atoms with Gasteiger partial charge in [-0.3, -0.25) is 0 Å². The zero-order chi connectivity index (χ0) is 35.3. The normalized spacial score (nSPS) is 11.6. The first-order valence-electron chi connectivity index (χ1n) is 22.9. The maximum atomic E-state index is 4.99. The molecule has 0 saturated carbocycles. The summed E-state index contributed by atoms with van der Waals surface area (Å²) < 4.78 is 0. The Hall–Kier alpha value is -0.920. The SMILES string of the molecule is [CH2]c1nc(CCCCCCCCCCCCCC)c(CCCCCCCCCCCCCC)c(CCCCCCCCCCCCCC)n1. The number of rotatable bonds is 39. The summed E-state index contributed by atoms with van der Waals surface area (Å²) in [5.74, 6) is 0.765. The first kappa shape index (κ1) is 46.1. The molecule has 0 unspecified atom stereocenters. The van der Waals surface area contributed by atoms with E-state index in [0.29, 0.717) is 0 Å². The van der Waals surface area contributed by atoms with Crippen LogP contribution in [0.1, 0.15) is 275 Å². The van der Waals surface area contributed by atoms with Crippen LogP contribution >= 0.6 is 0 Å². The van der Waals surface area contributed by atoms with Gasteiger partial charge in [-0.15, -0.1) is 0 Å². The molecule has 1 radical (unpaired) electrons. The second kappa shape index (κ2) is 36.9. The molecule has 0 spiro atoms. The lowest BCUT2D eigenvalue weighted by atomic mass is 9.96. The molecule has 1 rings (SSSR count). The Kier molecular flexibility index (Phi) is 34.7. The number of aromatic nitrogens is 2. The highest BCUT2D eigenvalue weighted by molar-refractivity contribution is 5.27. The minimum Gasteiger partial charge on any atom is -0.238 e. The number of nitrogens with zero attached hydrogens (tertiary/aromatic N) is 2. The van der Waals surface area contributed by atoms with Crippen molar-refractivity contribution < 1.29 is 0 Å². The lowest BCUT2D eigenvalue weighted by Gasteiger charge is -2.15. The maximum absolute atomic E-state index is 4.99. The van der Waals surface area contributed by atoms with E-state index in [-0.39, 0.29) is 0 Å². The third-order valence-corrected chi connectivity index (χ3v) is 11.0. The van der Waals surface area contributed by atoms with Gasteiger partial charge in [0.25, 0.3) is 0 Å². The molecule has 0 fully saturated rings. The highest BCUT2D eigenvalue weighted by Crippen LogP contribution is 2.22. The van der Waals surface area contributed by atoms with Crippen LogP contribution in [-0.4, -0.2) is 9.97 Å². The predicted octanol–water partition coefficient (Wildman–Crippen LogP) is 16.4. The van der Waals surface area contributed by atoms with E-state index in [1.807, 2.05) is 0 Å². The molecule has 0 bridgehead atoms. The van der Waals surface area contributed by atoms with Crippen molar-refractivity contribution in [3.63, 3.8) is 0 Å². The molecule has 287 valence electrons. The van der Waals surface area contributed by atoms with E-state index < -0.39 is 0 Å². The van der Waals surface area contributed by atoms with Gasteiger partial charge in [0, 0.05) is 18.3 Å². The Balaban J connectivity index is 2.44. The molecule has 2 nitrogen and oxygen atoms in total. The highest BCUT2D eigenvalue weighted by Gasteiger charge is 2.13. The number of aryl methyl sites for hydroxylation is 2. The molecule has 0 aliphatic carbocycles. The predicted molar refractivity (Wildman–Crippen MR) is 221 cm³/mol. The molecule has 2 heteroatoms. The zero-order valence-electron chi connectivity index (χ0n) is 34.2. The van der Waals surface area contributed by atoms with Crippen LogP contribution < -0.4 is 0 Å². The monoisotopic (exact) mass is 682 g/mol. The van der Waals surface area contributed by atoms with E-state index in [9.17, 15) is 0 Å². The third-order valence-electron chi connectivity index (χ3n) is 11.0. The summed E-state index contributed by atoms with van der Waals surface area (Å²) in [6.07, 6.45) is 54.0. The van der Waals surface area contributed by atoms with Gasteiger partial charge >= 0.3 is 0 Å². The Bertz CT molecular complexity index is 752. The molecule has 49 heavy (non-hydrogen) atoms. The van der Waals surface area contributed by atoms with Crippen molar-refractivity contribution in [1.29, 1.82) is 0 Å². The van der Waals surface area contributed by atoms with Gasteiger partial charge < -0.3 is 0 Å². The van der Waals surface area contributed by atoms with E-state index in [1.165, 1.54) is 255 Å². The molecule has 0 N–H and O–H groups in total. The Morgan fingerprint density at radius 3 is 0.735 bits per heavy atom. The fourth-order valence-electron chi connectivity index (χ4n) is 7.75. The molecule has 0 aromatic carbocycles. The molecule has 1 aromatic heterocycles. The van der Waals surface area contributed by atoms with Crippen LogP contribution in [0.4, 0.5) is 0 Å². The highest BCUT2D eigenvalue weighted by atomic mass is 14.9. The Morgan fingerprint density at radius 2 is 0.490 bits per heavy atom. The van der Waals surface area contributed by atoms with Crippen molar-refractivity contribution in [3.8, 4) is 0 Å². The van der Waals surface area contributed by atoms with Gasteiger partial charge in [-0.1, -0.05) is 233 Å². The average molecular weight is 682 g/mol. The van der Waals surface area contributed by atoms with Crippen LogP contribution in [0.2, 0.25) is 0 Å². The molecule has 1 heterocycles. The molecule has 0 saturated heterocycles. The largest absolute Gasteiger partial charge is 0.238 e. The second-order valence-corrected chi connectivity index (χ2v) is 15.9. The molecular weight excluding hydrogens is 593 g/mol. The van der Waals surface area contributed by atoms with Gasteiger partial charge in [0.2, 0.25) is 0 Å². The average Bonchev–Trinajstić information content (AvgIpc) is 3.10. The number of hydrogen-bond donors (Lipinski definition) is 0. The van der Waals surface area contributed by atoms with Gasteiger partial charge in [-0.25, -0.2) is 9.97 Å². The molecule has 0 atom stereocenters. The van der Waals surface area contributed by atoms with Crippen molar-refractivity contribution in [1.82, 2.24) is 9.97 Å². The van der Waals surface area contributed by atoms with Crippen LogP contribution in [0.3, 0.4) is 0 Å². The van der Waals surface area contributed by atoms with E-state index >= 15 is 0 Å². The summed E-state index contributed by atoms with van der Waals surface area (Å²) in [6, 6.07) is 0. The maximum Gasteiger partial charge on any atom is 0.129 e. The number of hydrogen-bond acceptors (Lipinski definition) is 2. The lowest BCUT2D eigenvalue weighted by molar-refractivity contribution is 0.538.